The molecule has 2 saturated heterocycles. The molecule has 7 nitrogen and oxygen atoms in total. The third-order valence-electron chi connectivity index (χ3n) is 5.15. The first-order valence-electron chi connectivity index (χ1n) is 10.7. The van der Waals surface area contributed by atoms with Gasteiger partial charge in [-0.3, -0.25) is 4.90 Å². The highest BCUT2D eigenvalue weighted by atomic mass is 16.8. The van der Waals surface area contributed by atoms with Gasteiger partial charge < -0.3 is 18.9 Å². The lowest BCUT2D eigenvalue weighted by Gasteiger charge is -2.31. The molecular formula is C24H33NO6. The molecule has 0 bridgehead atoms. The second-order valence-electron chi connectivity index (χ2n) is 9.51. The van der Waals surface area contributed by atoms with Crippen LogP contribution in [0.5, 0.6) is 0 Å². The van der Waals surface area contributed by atoms with E-state index < -0.39 is 11.4 Å². The lowest BCUT2D eigenvalue weighted by Crippen LogP contribution is -2.44. The van der Waals surface area contributed by atoms with Crippen molar-refractivity contribution in [1.82, 2.24) is 4.90 Å². The summed E-state index contributed by atoms with van der Waals surface area (Å²) in [6, 6.07) is 7.03. The summed E-state index contributed by atoms with van der Waals surface area (Å²) in [5, 5.41) is 0. The minimum Gasteiger partial charge on any atom is -0.458 e. The molecule has 2 aliphatic rings. The molecule has 1 aromatic carbocycles. The topological polar surface area (TPSA) is 74.3 Å². The minimum absolute atomic E-state index is 0.156. The SMILES string of the molecule is Cc1ccc(C(=O)OC/C=C/C[C@H]2[C@H]3OC(C)(C)O[C@H]3CN2C(=O)OC(C)(C)C)cc1. The molecule has 0 saturated carbocycles. The third kappa shape index (κ3) is 6.08. The number of carbonyl (C=O) groups excluding carboxylic acids is 2. The highest BCUT2D eigenvalue weighted by molar-refractivity contribution is 5.89. The molecule has 0 aromatic heterocycles. The zero-order chi connectivity index (χ0) is 22.8. The summed E-state index contributed by atoms with van der Waals surface area (Å²) >= 11 is 0. The molecule has 3 rings (SSSR count). The number of benzene rings is 1. The molecule has 31 heavy (non-hydrogen) atoms. The Kier molecular flexibility index (Phi) is 6.76. The fourth-order valence-corrected chi connectivity index (χ4v) is 3.83. The summed E-state index contributed by atoms with van der Waals surface area (Å²) < 4.78 is 22.9. The second-order valence-corrected chi connectivity index (χ2v) is 9.51. The molecule has 0 N–H and O–H groups in total. The van der Waals surface area contributed by atoms with Crippen LogP contribution in [0.25, 0.3) is 0 Å². The zero-order valence-corrected chi connectivity index (χ0v) is 19.2. The van der Waals surface area contributed by atoms with Crippen molar-refractivity contribution in [3.05, 3.63) is 47.5 Å². The summed E-state index contributed by atoms with van der Waals surface area (Å²) in [6.45, 7) is 11.8. The number of aryl methyl sites for hydroxylation is 1. The van der Waals surface area contributed by atoms with Crippen LogP contribution < -0.4 is 0 Å². The molecule has 0 unspecified atom stereocenters. The first kappa shape index (κ1) is 23.3. The molecule has 2 aliphatic heterocycles. The Hall–Kier alpha value is -2.38. The molecule has 2 heterocycles. The Labute approximate surface area is 184 Å². The maximum Gasteiger partial charge on any atom is 0.410 e. The predicted molar refractivity (Wildman–Crippen MR) is 116 cm³/mol. The predicted octanol–water partition coefficient (Wildman–Crippen LogP) is 4.24. The Balaban J connectivity index is 1.58. The van der Waals surface area contributed by atoms with E-state index in [0.29, 0.717) is 18.5 Å². The van der Waals surface area contributed by atoms with Crippen molar-refractivity contribution in [2.45, 2.75) is 77.6 Å². The Morgan fingerprint density at radius 1 is 1.16 bits per heavy atom. The summed E-state index contributed by atoms with van der Waals surface area (Å²) in [7, 11) is 0. The van der Waals surface area contributed by atoms with Gasteiger partial charge in [-0.05, 0) is 60.1 Å². The van der Waals surface area contributed by atoms with E-state index in [9.17, 15) is 9.59 Å². The molecular weight excluding hydrogens is 398 g/mol. The minimum atomic E-state index is -0.680. The van der Waals surface area contributed by atoms with Crippen LogP contribution in [0.15, 0.2) is 36.4 Å². The van der Waals surface area contributed by atoms with Gasteiger partial charge in [-0.15, -0.1) is 0 Å². The van der Waals surface area contributed by atoms with Gasteiger partial charge in [0.2, 0.25) is 0 Å². The lowest BCUT2D eigenvalue weighted by molar-refractivity contribution is -0.160. The zero-order valence-electron chi connectivity index (χ0n) is 19.2. The van der Waals surface area contributed by atoms with Gasteiger partial charge in [-0.1, -0.05) is 29.8 Å². The first-order chi connectivity index (χ1) is 14.5. The fourth-order valence-electron chi connectivity index (χ4n) is 3.83. The Morgan fingerprint density at radius 2 is 1.84 bits per heavy atom. The number of fused-ring (bicyclic) bond motifs is 1. The number of rotatable bonds is 5. The van der Waals surface area contributed by atoms with Crippen LogP contribution in [0.2, 0.25) is 0 Å². The number of carbonyl (C=O) groups is 2. The van der Waals surface area contributed by atoms with Crippen molar-refractivity contribution in [1.29, 1.82) is 0 Å². The van der Waals surface area contributed by atoms with Crippen LogP contribution in [0.3, 0.4) is 0 Å². The van der Waals surface area contributed by atoms with Gasteiger partial charge in [0, 0.05) is 0 Å². The van der Waals surface area contributed by atoms with Crippen molar-refractivity contribution in [3.63, 3.8) is 0 Å². The maximum absolute atomic E-state index is 12.7. The van der Waals surface area contributed by atoms with Crippen molar-refractivity contribution < 1.29 is 28.5 Å². The standard InChI is InChI=1S/C24H33NO6/c1-16-10-12-17(13-11-16)21(26)28-14-8-7-9-18-20-19(29-24(5,6)30-20)15-25(18)22(27)31-23(2,3)4/h7-8,10-13,18-20H,9,14-15H2,1-6H3/b8-7+/t18-,19-,20+/m0/s1. The van der Waals surface area contributed by atoms with Crippen LogP contribution in [-0.4, -0.2) is 59.8 Å². The van der Waals surface area contributed by atoms with E-state index in [1.54, 1.807) is 23.1 Å². The molecule has 0 aliphatic carbocycles. The molecule has 170 valence electrons. The van der Waals surface area contributed by atoms with Gasteiger partial charge in [0.05, 0.1) is 18.2 Å². The highest BCUT2D eigenvalue weighted by Crippen LogP contribution is 2.38. The molecule has 2 fully saturated rings. The normalized spacial score (nSPS) is 25.0. The Morgan fingerprint density at radius 3 is 2.48 bits per heavy atom. The smallest absolute Gasteiger partial charge is 0.410 e. The number of likely N-dealkylation sites (tertiary alicyclic amines) is 1. The number of amides is 1. The summed E-state index contributed by atoms with van der Waals surface area (Å²) in [6.07, 6.45) is 3.43. The first-order valence-corrected chi connectivity index (χ1v) is 10.7. The van der Waals surface area contributed by atoms with Crippen molar-refractivity contribution in [2.75, 3.05) is 13.2 Å². The van der Waals surface area contributed by atoms with Gasteiger partial charge >= 0.3 is 12.1 Å². The van der Waals surface area contributed by atoms with E-state index in [1.807, 2.05) is 59.8 Å². The molecule has 1 aromatic rings. The number of hydrogen-bond donors (Lipinski definition) is 0. The van der Waals surface area contributed by atoms with Crippen LogP contribution in [-0.2, 0) is 18.9 Å². The van der Waals surface area contributed by atoms with E-state index in [2.05, 4.69) is 0 Å². The van der Waals surface area contributed by atoms with E-state index >= 15 is 0 Å². The monoisotopic (exact) mass is 431 g/mol. The molecule has 7 heteroatoms. The number of nitrogens with zero attached hydrogens (tertiary/aromatic N) is 1. The quantitative estimate of drug-likeness (QED) is 0.513. The average molecular weight is 432 g/mol. The Bertz CT molecular complexity index is 823. The van der Waals surface area contributed by atoms with Crippen LogP contribution in [0, 0.1) is 6.92 Å². The van der Waals surface area contributed by atoms with E-state index in [0.717, 1.165) is 5.56 Å². The number of hydrogen-bond acceptors (Lipinski definition) is 6. The van der Waals surface area contributed by atoms with Crippen LogP contribution in [0.1, 0.15) is 57.0 Å². The van der Waals surface area contributed by atoms with Gasteiger partial charge in [-0.25, -0.2) is 9.59 Å². The van der Waals surface area contributed by atoms with Gasteiger partial charge in [0.25, 0.3) is 0 Å². The van der Waals surface area contributed by atoms with Gasteiger partial charge in [-0.2, -0.15) is 0 Å². The molecule has 3 atom stereocenters. The van der Waals surface area contributed by atoms with Crippen molar-refractivity contribution >= 4 is 12.1 Å². The maximum atomic E-state index is 12.7. The van der Waals surface area contributed by atoms with E-state index in [1.165, 1.54) is 0 Å². The van der Waals surface area contributed by atoms with Crippen molar-refractivity contribution in [3.8, 4) is 0 Å². The molecule has 1 amide bonds. The van der Waals surface area contributed by atoms with Gasteiger partial charge in [0.1, 0.15) is 24.4 Å². The summed E-state index contributed by atoms with van der Waals surface area (Å²) in [5.41, 5.74) is 1.02. The summed E-state index contributed by atoms with van der Waals surface area (Å²) in [5.74, 6) is -1.05. The highest BCUT2D eigenvalue weighted by Gasteiger charge is 2.54. The largest absolute Gasteiger partial charge is 0.458 e. The lowest BCUT2D eigenvalue weighted by atomic mass is 10.1. The third-order valence-corrected chi connectivity index (χ3v) is 5.15. The fraction of sp³-hybridized carbons (Fsp3) is 0.583. The second kappa shape index (κ2) is 9.01. The number of ether oxygens (including phenoxy) is 4. The van der Waals surface area contributed by atoms with Crippen LogP contribution in [0.4, 0.5) is 4.79 Å². The molecule has 0 spiro atoms. The van der Waals surface area contributed by atoms with Gasteiger partial charge in [0.15, 0.2) is 5.79 Å². The van der Waals surface area contributed by atoms with Crippen LogP contribution >= 0.6 is 0 Å². The molecule has 0 radical (unpaired) electrons. The number of esters is 1. The van der Waals surface area contributed by atoms with Crippen molar-refractivity contribution in [2.24, 2.45) is 0 Å². The average Bonchev–Trinajstić information content (AvgIpc) is 3.12. The summed E-state index contributed by atoms with van der Waals surface area (Å²) in [4.78, 5) is 26.5. The van der Waals surface area contributed by atoms with E-state index in [4.69, 9.17) is 18.9 Å². The van der Waals surface area contributed by atoms with E-state index in [-0.39, 0.29) is 36.9 Å².